The van der Waals surface area contributed by atoms with Crippen molar-refractivity contribution in [1.82, 2.24) is 0 Å². The summed E-state index contributed by atoms with van der Waals surface area (Å²) in [6.45, 7) is 3.84. The molecule has 0 aliphatic heterocycles. The second kappa shape index (κ2) is 6.63. The van der Waals surface area contributed by atoms with Crippen molar-refractivity contribution in [3.05, 3.63) is 59.7 Å². The lowest BCUT2D eigenvalue weighted by Gasteiger charge is -2.24. The Balaban J connectivity index is 2.52. The van der Waals surface area contributed by atoms with Crippen molar-refractivity contribution < 1.29 is 8.42 Å². The molecule has 0 aromatic heterocycles. The molecule has 0 bridgehead atoms. The fourth-order valence-electron chi connectivity index (χ4n) is 2.34. The molecule has 0 radical (unpaired) electrons. The van der Waals surface area contributed by atoms with Gasteiger partial charge in [-0.3, -0.25) is 4.31 Å². The minimum Gasteiger partial charge on any atom is -0.265 e. The third-order valence-corrected chi connectivity index (χ3v) is 5.36. The molecule has 0 fully saturated rings. The van der Waals surface area contributed by atoms with Gasteiger partial charge in [0.25, 0.3) is 10.0 Å². The SMILES string of the molecule is Cc1ccc(S(=O)(=O)N(CCC#N)c2ccccc2)c(C)c1. The summed E-state index contributed by atoms with van der Waals surface area (Å²) in [6, 6.07) is 16.1. The Bertz CT molecular complexity index is 793. The van der Waals surface area contributed by atoms with Crippen molar-refractivity contribution in [2.24, 2.45) is 0 Å². The molecule has 4 nitrogen and oxygen atoms in total. The Morgan fingerprint density at radius 3 is 2.36 bits per heavy atom. The number of benzene rings is 2. The van der Waals surface area contributed by atoms with Gasteiger partial charge in [-0.2, -0.15) is 5.26 Å². The standard InChI is InChI=1S/C17H18N2O2S/c1-14-9-10-17(15(2)13-14)22(20,21)19(12-6-11-18)16-7-4-3-5-8-16/h3-5,7-10,13H,6,12H2,1-2H3. The minimum atomic E-state index is -3.69. The third kappa shape index (κ3) is 3.29. The summed E-state index contributed by atoms with van der Waals surface area (Å²) in [5.41, 5.74) is 2.29. The van der Waals surface area contributed by atoms with Crippen LogP contribution in [0.15, 0.2) is 53.4 Å². The average molecular weight is 314 g/mol. The van der Waals surface area contributed by atoms with E-state index in [1.54, 1.807) is 43.3 Å². The predicted molar refractivity (Wildman–Crippen MR) is 87.1 cm³/mol. The normalized spacial score (nSPS) is 11.0. The number of nitriles is 1. The van der Waals surface area contributed by atoms with Gasteiger partial charge >= 0.3 is 0 Å². The van der Waals surface area contributed by atoms with E-state index in [1.165, 1.54) is 4.31 Å². The number of aryl methyl sites for hydroxylation is 2. The zero-order valence-electron chi connectivity index (χ0n) is 12.7. The maximum atomic E-state index is 13.0. The second-order valence-corrected chi connectivity index (χ2v) is 6.92. The molecule has 0 aliphatic carbocycles. The van der Waals surface area contributed by atoms with E-state index < -0.39 is 10.0 Å². The van der Waals surface area contributed by atoms with Crippen LogP contribution < -0.4 is 4.31 Å². The molecule has 22 heavy (non-hydrogen) atoms. The monoisotopic (exact) mass is 314 g/mol. The van der Waals surface area contributed by atoms with E-state index in [0.717, 1.165) is 5.56 Å². The summed E-state index contributed by atoms with van der Waals surface area (Å²) in [4.78, 5) is 0.278. The number of hydrogen-bond donors (Lipinski definition) is 0. The first-order valence-corrected chi connectivity index (χ1v) is 8.43. The summed E-state index contributed by atoms with van der Waals surface area (Å²) < 4.78 is 27.3. The Labute approximate surface area is 131 Å². The highest BCUT2D eigenvalue weighted by atomic mass is 32.2. The molecule has 0 spiro atoms. The topological polar surface area (TPSA) is 61.2 Å². The molecule has 0 heterocycles. The van der Waals surface area contributed by atoms with Crippen molar-refractivity contribution in [2.75, 3.05) is 10.8 Å². The number of nitrogens with zero attached hydrogens (tertiary/aromatic N) is 2. The average Bonchev–Trinajstić information content (AvgIpc) is 2.48. The van der Waals surface area contributed by atoms with Crippen molar-refractivity contribution in [2.45, 2.75) is 25.2 Å². The van der Waals surface area contributed by atoms with E-state index in [2.05, 4.69) is 0 Å². The molecule has 0 aliphatic rings. The van der Waals surface area contributed by atoms with E-state index in [9.17, 15) is 8.42 Å². The smallest absolute Gasteiger partial charge is 0.264 e. The van der Waals surface area contributed by atoms with Gasteiger partial charge in [0, 0.05) is 6.54 Å². The molecule has 2 rings (SSSR count). The van der Waals surface area contributed by atoms with Crippen LogP contribution in [0.1, 0.15) is 17.5 Å². The predicted octanol–water partition coefficient (Wildman–Crippen LogP) is 3.41. The molecule has 114 valence electrons. The van der Waals surface area contributed by atoms with Crippen molar-refractivity contribution in [3.8, 4) is 6.07 Å². The molecular weight excluding hydrogens is 296 g/mol. The minimum absolute atomic E-state index is 0.135. The van der Waals surface area contributed by atoms with Crippen molar-refractivity contribution >= 4 is 15.7 Å². The van der Waals surface area contributed by atoms with Crippen LogP contribution in [0.2, 0.25) is 0 Å². The largest absolute Gasteiger partial charge is 0.265 e. The summed E-state index contributed by atoms with van der Waals surface area (Å²) in [5.74, 6) is 0. The van der Waals surface area contributed by atoms with E-state index in [1.807, 2.05) is 25.1 Å². The maximum absolute atomic E-state index is 13.0. The van der Waals surface area contributed by atoms with E-state index in [0.29, 0.717) is 11.3 Å². The van der Waals surface area contributed by atoms with Gasteiger partial charge in [-0.25, -0.2) is 8.42 Å². The molecule has 2 aromatic carbocycles. The molecular formula is C17H18N2O2S. The molecule has 0 N–H and O–H groups in total. The third-order valence-electron chi connectivity index (χ3n) is 3.37. The Morgan fingerprint density at radius 2 is 1.77 bits per heavy atom. The van der Waals surface area contributed by atoms with Crippen LogP contribution in [-0.2, 0) is 10.0 Å². The van der Waals surface area contributed by atoms with Crippen LogP contribution in [0.25, 0.3) is 0 Å². The van der Waals surface area contributed by atoms with Crippen LogP contribution in [0, 0.1) is 25.2 Å². The highest BCUT2D eigenvalue weighted by Gasteiger charge is 2.26. The van der Waals surface area contributed by atoms with Gasteiger partial charge in [0.05, 0.1) is 23.1 Å². The van der Waals surface area contributed by atoms with Crippen molar-refractivity contribution in [3.63, 3.8) is 0 Å². The summed E-state index contributed by atoms with van der Waals surface area (Å²) in [7, 11) is -3.69. The van der Waals surface area contributed by atoms with Crippen LogP contribution in [0.5, 0.6) is 0 Å². The quantitative estimate of drug-likeness (QED) is 0.849. The number of rotatable bonds is 5. The van der Waals surface area contributed by atoms with Crippen molar-refractivity contribution in [1.29, 1.82) is 5.26 Å². The lowest BCUT2D eigenvalue weighted by atomic mass is 10.2. The molecule has 0 amide bonds. The number of sulfonamides is 1. The fourth-order valence-corrected chi connectivity index (χ4v) is 4.02. The highest BCUT2D eigenvalue weighted by Crippen LogP contribution is 2.26. The molecule has 5 heteroatoms. The van der Waals surface area contributed by atoms with Gasteiger partial charge < -0.3 is 0 Å². The Hall–Kier alpha value is -2.32. The lowest BCUT2D eigenvalue weighted by molar-refractivity contribution is 0.590. The van der Waals surface area contributed by atoms with Crippen LogP contribution in [-0.4, -0.2) is 15.0 Å². The first kappa shape index (κ1) is 16.1. The van der Waals surface area contributed by atoms with E-state index in [-0.39, 0.29) is 17.9 Å². The molecule has 0 saturated carbocycles. The molecule has 2 aromatic rings. The molecule has 0 saturated heterocycles. The first-order chi connectivity index (χ1) is 10.5. The van der Waals surface area contributed by atoms with Gasteiger partial charge in [-0.1, -0.05) is 35.9 Å². The summed E-state index contributed by atoms with van der Waals surface area (Å²) in [5, 5.41) is 8.82. The number of hydrogen-bond acceptors (Lipinski definition) is 3. The Kier molecular flexibility index (Phi) is 4.84. The zero-order valence-corrected chi connectivity index (χ0v) is 13.5. The number of para-hydroxylation sites is 1. The van der Waals surface area contributed by atoms with Crippen LogP contribution >= 0.6 is 0 Å². The van der Waals surface area contributed by atoms with Gasteiger partial charge in [-0.15, -0.1) is 0 Å². The lowest BCUT2D eigenvalue weighted by Crippen LogP contribution is -2.32. The van der Waals surface area contributed by atoms with Crippen LogP contribution in [0.3, 0.4) is 0 Å². The van der Waals surface area contributed by atoms with E-state index >= 15 is 0 Å². The van der Waals surface area contributed by atoms with Gasteiger partial charge in [0.1, 0.15) is 0 Å². The zero-order chi connectivity index (χ0) is 16.2. The number of anilines is 1. The molecule has 0 unspecified atom stereocenters. The molecule has 0 atom stereocenters. The van der Waals surface area contributed by atoms with E-state index in [4.69, 9.17) is 5.26 Å². The fraction of sp³-hybridized carbons (Fsp3) is 0.235. The maximum Gasteiger partial charge on any atom is 0.264 e. The summed E-state index contributed by atoms with van der Waals surface area (Å²) >= 11 is 0. The van der Waals surface area contributed by atoms with Gasteiger partial charge in [0.15, 0.2) is 0 Å². The second-order valence-electron chi connectivity index (χ2n) is 5.09. The highest BCUT2D eigenvalue weighted by molar-refractivity contribution is 7.92. The Morgan fingerprint density at radius 1 is 1.09 bits per heavy atom. The first-order valence-electron chi connectivity index (χ1n) is 6.99. The van der Waals surface area contributed by atoms with Gasteiger partial charge in [0.2, 0.25) is 0 Å². The van der Waals surface area contributed by atoms with Gasteiger partial charge in [-0.05, 0) is 37.6 Å². The summed E-state index contributed by atoms with van der Waals surface area (Å²) in [6.07, 6.45) is 0.138. The van der Waals surface area contributed by atoms with Crippen LogP contribution in [0.4, 0.5) is 5.69 Å².